The second kappa shape index (κ2) is 8.99. The lowest BCUT2D eigenvalue weighted by Gasteiger charge is -2.13. The Hall–Kier alpha value is -3.34. The Morgan fingerprint density at radius 3 is 2.33 bits per heavy atom. The molecule has 3 aromatic rings. The molecule has 156 valence electrons. The van der Waals surface area contributed by atoms with Crippen LogP contribution in [0.3, 0.4) is 0 Å². The third-order valence-electron chi connectivity index (χ3n) is 5.13. The van der Waals surface area contributed by atoms with Crippen molar-refractivity contribution in [3.8, 4) is 5.69 Å². The molecule has 1 amide bonds. The Balaban J connectivity index is 1.69. The fourth-order valence-electron chi connectivity index (χ4n) is 3.57. The summed E-state index contributed by atoms with van der Waals surface area (Å²) in [6.07, 6.45) is 0. The number of benzene rings is 2. The van der Waals surface area contributed by atoms with Gasteiger partial charge in [0.15, 0.2) is 6.61 Å². The Bertz CT molecular complexity index is 1060. The highest BCUT2D eigenvalue weighted by molar-refractivity contribution is 5.96. The highest BCUT2D eigenvalue weighted by Gasteiger charge is 2.19. The number of esters is 1. The van der Waals surface area contributed by atoms with Gasteiger partial charge in [-0.05, 0) is 56.5 Å². The van der Waals surface area contributed by atoms with E-state index in [1.54, 1.807) is 6.07 Å². The molecule has 30 heavy (non-hydrogen) atoms. The maximum Gasteiger partial charge on any atom is 0.340 e. The quantitative estimate of drug-likeness (QED) is 0.566. The molecule has 1 heterocycles. The van der Waals surface area contributed by atoms with E-state index >= 15 is 0 Å². The minimum absolute atomic E-state index is 0.274. The molecule has 0 unspecified atom stereocenters. The summed E-state index contributed by atoms with van der Waals surface area (Å²) >= 11 is 0. The van der Waals surface area contributed by atoms with Crippen molar-refractivity contribution >= 4 is 17.6 Å². The molecule has 2 aromatic carbocycles. The number of aryl methyl sites for hydroxylation is 2. The smallest absolute Gasteiger partial charge is 0.340 e. The van der Waals surface area contributed by atoms with Crippen LogP contribution in [0.4, 0.5) is 5.69 Å². The minimum Gasteiger partial charge on any atom is -0.452 e. The number of rotatable bonds is 6. The van der Waals surface area contributed by atoms with Crippen LogP contribution in [0.1, 0.15) is 52.6 Å². The van der Waals surface area contributed by atoms with Gasteiger partial charge in [0.1, 0.15) is 0 Å². The lowest BCUT2D eigenvalue weighted by molar-refractivity contribution is -0.119. The van der Waals surface area contributed by atoms with Gasteiger partial charge in [-0.2, -0.15) is 0 Å². The number of hydrogen-bond donors (Lipinski definition) is 1. The first-order valence-electron chi connectivity index (χ1n) is 10.1. The van der Waals surface area contributed by atoms with Crippen LogP contribution in [-0.4, -0.2) is 23.1 Å². The highest BCUT2D eigenvalue weighted by atomic mass is 16.5. The van der Waals surface area contributed by atoms with Crippen molar-refractivity contribution in [3.63, 3.8) is 0 Å². The number of nitrogens with one attached hydrogen (secondary N) is 1. The average molecular weight is 405 g/mol. The van der Waals surface area contributed by atoms with Crippen molar-refractivity contribution in [2.75, 3.05) is 11.9 Å². The van der Waals surface area contributed by atoms with E-state index in [0.717, 1.165) is 28.3 Å². The second-order valence-electron chi connectivity index (χ2n) is 7.82. The van der Waals surface area contributed by atoms with Crippen LogP contribution in [0, 0.1) is 20.8 Å². The summed E-state index contributed by atoms with van der Waals surface area (Å²) in [5, 5.41) is 2.84. The van der Waals surface area contributed by atoms with Gasteiger partial charge < -0.3 is 14.6 Å². The molecule has 5 heteroatoms. The number of carbonyl (C=O) groups excluding carboxylic acids is 2. The molecule has 0 radical (unpaired) electrons. The Morgan fingerprint density at radius 1 is 1.00 bits per heavy atom. The first kappa shape index (κ1) is 21.4. The number of carbonyl (C=O) groups is 2. The topological polar surface area (TPSA) is 60.3 Å². The molecule has 1 N–H and O–H groups in total. The summed E-state index contributed by atoms with van der Waals surface area (Å²) in [5.74, 6) is -0.589. The molecule has 0 aliphatic carbocycles. The van der Waals surface area contributed by atoms with Crippen LogP contribution < -0.4 is 5.32 Å². The van der Waals surface area contributed by atoms with Gasteiger partial charge in [0.05, 0.1) is 5.56 Å². The van der Waals surface area contributed by atoms with E-state index in [-0.39, 0.29) is 18.4 Å². The van der Waals surface area contributed by atoms with E-state index in [1.807, 2.05) is 73.9 Å². The van der Waals surface area contributed by atoms with Crippen molar-refractivity contribution in [1.29, 1.82) is 0 Å². The SMILES string of the molecule is Cc1ccc(-n2c(C)cc(C(=O)OCC(=O)Nc3ccccc3C(C)C)c2C)cc1. The lowest BCUT2D eigenvalue weighted by Crippen LogP contribution is -2.22. The fourth-order valence-corrected chi connectivity index (χ4v) is 3.57. The minimum atomic E-state index is -0.506. The third-order valence-corrected chi connectivity index (χ3v) is 5.13. The fraction of sp³-hybridized carbons (Fsp3) is 0.280. The number of nitrogens with zero attached hydrogens (tertiary/aromatic N) is 1. The lowest BCUT2D eigenvalue weighted by atomic mass is 10.0. The van der Waals surface area contributed by atoms with Crippen LogP contribution >= 0.6 is 0 Å². The van der Waals surface area contributed by atoms with E-state index < -0.39 is 5.97 Å². The van der Waals surface area contributed by atoms with E-state index in [0.29, 0.717) is 5.56 Å². The number of anilines is 1. The zero-order chi connectivity index (χ0) is 21.8. The molecule has 3 rings (SSSR count). The average Bonchev–Trinajstić information content (AvgIpc) is 3.01. The van der Waals surface area contributed by atoms with Gasteiger partial charge in [-0.15, -0.1) is 0 Å². The molecule has 0 saturated heterocycles. The summed E-state index contributed by atoms with van der Waals surface area (Å²) < 4.78 is 7.31. The normalized spacial score (nSPS) is 10.9. The number of hydrogen-bond acceptors (Lipinski definition) is 3. The number of para-hydroxylation sites is 1. The Kier molecular flexibility index (Phi) is 6.40. The van der Waals surface area contributed by atoms with Crippen molar-refractivity contribution in [3.05, 3.63) is 82.7 Å². The summed E-state index contributed by atoms with van der Waals surface area (Å²) in [6.45, 7) is 9.65. The van der Waals surface area contributed by atoms with E-state index in [9.17, 15) is 9.59 Å². The maximum atomic E-state index is 12.6. The first-order chi connectivity index (χ1) is 14.3. The molecule has 0 saturated carbocycles. The number of amides is 1. The highest BCUT2D eigenvalue weighted by Crippen LogP contribution is 2.24. The van der Waals surface area contributed by atoms with Crippen molar-refractivity contribution in [2.24, 2.45) is 0 Å². The van der Waals surface area contributed by atoms with Crippen LogP contribution in [0.5, 0.6) is 0 Å². The largest absolute Gasteiger partial charge is 0.452 e. The molecule has 1 aromatic heterocycles. The van der Waals surface area contributed by atoms with Gasteiger partial charge in [0.2, 0.25) is 0 Å². The van der Waals surface area contributed by atoms with Gasteiger partial charge in [0, 0.05) is 22.8 Å². The zero-order valence-corrected chi connectivity index (χ0v) is 18.2. The van der Waals surface area contributed by atoms with Crippen molar-refractivity contribution in [1.82, 2.24) is 4.57 Å². The van der Waals surface area contributed by atoms with Gasteiger partial charge in [-0.3, -0.25) is 4.79 Å². The number of aromatic nitrogens is 1. The van der Waals surface area contributed by atoms with E-state index in [4.69, 9.17) is 4.74 Å². The van der Waals surface area contributed by atoms with E-state index in [2.05, 4.69) is 19.2 Å². The third kappa shape index (κ3) is 4.62. The maximum absolute atomic E-state index is 12.6. The monoisotopic (exact) mass is 404 g/mol. The van der Waals surface area contributed by atoms with Gasteiger partial charge in [0.25, 0.3) is 5.91 Å². The van der Waals surface area contributed by atoms with Crippen LogP contribution in [0.25, 0.3) is 5.69 Å². The molecular weight excluding hydrogens is 376 g/mol. The molecule has 0 spiro atoms. The molecule has 0 aliphatic rings. The number of ether oxygens (including phenoxy) is 1. The molecule has 0 fully saturated rings. The summed E-state index contributed by atoms with van der Waals surface area (Å²) in [7, 11) is 0. The summed E-state index contributed by atoms with van der Waals surface area (Å²) in [6, 6.07) is 17.5. The second-order valence-corrected chi connectivity index (χ2v) is 7.82. The zero-order valence-electron chi connectivity index (χ0n) is 18.2. The molecule has 0 bridgehead atoms. The molecule has 0 atom stereocenters. The van der Waals surface area contributed by atoms with Gasteiger partial charge in [-0.1, -0.05) is 49.7 Å². The van der Waals surface area contributed by atoms with Crippen molar-refractivity contribution < 1.29 is 14.3 Å². The van der Waals surface area contributed by atoms with E-state index in [1.165, 1.54) is 5.56 Å². The molecule has 0 aliphatic heterocycles. The standard InChI is InChI=1S/C25H28N2O3/c1-16(2)21-8-6-7-9-23(21)26-24(28)15-30-25(29)22-14-18(4)27(19(22)5)20-12-10-17(3)11-13-20/h6-14,16H,15H2,1-5H3,(H,26,28). The van der Waals surface area contributed by atoms with Crippen molar-refractivity contribution in [2.45, 2.75) is 40.5 Å². The van der Waals surface area contributed by atoms with Crippen LogP contribution in [0.2, 0.25) is 0 Å². The first-order valence-corrected chi connectivity index (χ1v) is 10.1. The Labute approximate surface area is 177 Å². The van der Waals surface area contributed by atoms with Gasteiger partial charge in [-0.25, -0.2) is 4.79 Å². The summed E-state index contributed by atoms with van der Waals surface area (Å²) in [5.41, 5.74) is 6.11. The molecular formula is C25H28N2O3. The Morgan fingerprint density at radius 2 is 1.67 bits per heavy atom. The van der Waals surface area contributed by atoms with Gasteiger partial charge >= 0.3 is 5.97 Å². The predicted octanol–water partition coefficient (Wildman–Crippen LogP) is 5.32. The predicted molar refractivity (Wildman–Crippen MR) is 119 cm³/mol. The molecule has 5 nitrogen and oxygen atoms in total. The summed E-state index contributed by atoms with van der Waals surface area (Å²) in [4.78, 5) is 25.0. The van der Waals surface area contributed by atoms with Crippen LogP contribution in [-0.2, 0) is 9.53 Å². The van der Waals surface area contributed by atoms with Crippen LogP contribution in [0.15, 0.2) is 54.6 Å².